The third kappa shape index (κ3) is 3.44. The second-order valence-electron chi connectivity index (χ2n) is 6.51. The summed E-state index contributed by atoms with van der Waals surface area (Å²) in [7, 11) is 4.12. The number of rotatable bonds is 5. The van der Waals surface area contributed by atoms with Crippen LogP contribution in [0.5, 0.6) is 0 Å². The second kappa shape index (κ2) is 6.58. The van der Waals surface area contributed by atoms with E-state index in [1.54, 1.807) is 0 Å². The van der Waals surface area contributed by atoms with Gasteiger partial charge in [-0.05, 0) is 32.5 Å². The summed E-state index contributed by atoms with van der Waals surface area (Å²) in [6, 6.07) is 9.99. The van der Waals surface area contributed by atoms with Crippen LogP contribution in [0.25, 0.3) is 0 Å². The van der Waals surface area contributed by atoms with Crippen molar-refractivity contribution in [3.05, 3.63) is 35.9 Å². The standard InChI is InChI=1S/C17H27N3O/c1-12(2)15(11-19(4)5)20-13(3)18-16(17(20)21)14-9-7-6-8-10-14/h6-10,12-13,15-16,18H,11H2,1-5H3. The maximum absolute atomic E-state index is 12.9. The lowest BCUT2D eigenvalue weighted by Gasteiger charge is -2.35. The van der Waals surface area contributed by atoms with E-state index in [1.807, 2.05) is 35.2 Å². The second-order valence-corrected chi connectivity index (χ2v) is 6.51. The fourth-order valence-electron chi connectivity index (χ4n) is 3.06. The Bertz CT molecular complexity index is 472. The molecular weight excluding hydrogens is 262 g/mol. The van der Waals surface area contributed by atoms with Gasteiger partial charge in [0.2, 0.25) is 5.91 Å². The zero-order valence-electron chi connectivity index (χ0n) is 13.7. The SMILES string of the molecule is CC(C)C(CN(C)C)N1C(=O)C(c2ccccc2)NC1C. The Morgan fingerprint density at radius 3 is 2.38 bits per heavy atom. The van der Waals surface area contributed by atoms with Gasteiger partial charge in [-0.1, -0.05) is 44.2 Å². The Labute approximate surface area is 128 Å². The molecule has 2 rings (SSSR count). The van der Waals surface area contributed by atoms with Crippen LogP contribution in [0.3, 0.4) is 0 Å². The van der Waals surface area contributed by atoms with Crippen LogP contribution in [-0.4, -0.2) is 48.6 Å². The minimum absolute atomic E-state index is 0.0649. The molecule has 3 unspecified atom stereocenters. The summed E-state index contributed by atoms with van der Waals surface area (Å²) in [6.07, 6.45) is 0.0649. The van der Waals surface area contributed by atoms with Crippen molar-refractivity contribution in [3.8, 4) is 0 Å². The molecule has 0 bridgehead atoms. The van der Waals surface area contributed by atoms with E-state index in [0.29, 0.717) is 5.92 Å². The minimum Gasteiger partial charge on any atom is -0.321 e. The van der Waals surface area contributed by atoms with Crippen molar-refractivity contribution in [1.29, 1.82) is 0 Å². The van der Waals surface area contributed by atoms with Crippen molar-refractivity contribution in [2.75, 3.05) is 20.6 Å². The third-order valence-corrected chi connectivity index (χ3v) is 4.14. The van der Waals surface area contributed by atoms with E-state index < -0.39 is 0 Å². The Morgan fingerprint density at radius 2 is 1.86 bits per heavy atom. The summed E-state index contributed by atoms with van der Waals surface area (Å²) in [5, 5.41) is 3.44. The fraction of sp³-hybridized carbons (Fsp3) is 0.588. The summed E-state index contributed by atoms with van der Waals surface area (Å²) in [6.45, 7) is 7.33. The predicted octanol–water partition coefficient (Wildman–Crippen LogP) is 2.09. The van der Waals surface area contributed by atoms with Gasteiger partial charge in [-0.25, -0.2) is 0 Å². The summed E-state index contributed by atoms with van der Waals surface area (Å²) in [4.78, 5) is 17.1. The lowest BCUT2D eigenvalue weighted by atomic mass is 10.0. The largest absolute Gasteiger partial charge is 0.321 e. The van der Waals surface area contributed by atoms with Crippen molar-refractivity contribution in [1.82, 2.24) is 15.1 Å². The highest BCUT2D eigenvalue weighted by Crippen LogP contribution is 2.28. The fourth-order valence-corrected chi connectivity index (χ4v) is 3.06. The Hall–Kier alpha value is -1.39. The average molecular weight is 289 g/mol. The van der Waals surface area contributed by atoms with Crippen molar-refractivity contribution in [2.45, 2.75) is 39.0 Å². The number of amides is 1. The maximum atomic E-state index is 12.9. The first-order valence-corrected chi connectivity index (χ1v) is 7.69. The molecule has 4 heteroatoms. The molecule has 1 heterocycles. The smallest absolute Gasteiger partial charge is 0.245 e. The molecule has 1 aromatic rings. The first-order chi connectivity index (χ1) is 9.91. The number of nitrogens with one attached hydrogen (secondary N) is 1. The van der Waals surface area contributed by atoms with E-state index in [-0.39, 0.29) is 24.2 Å². The maximum Gasteiger partial charge on any atom is 0.245 e. The van der Waals surface area contributed by atoms with Crippen molar-refractivity contribution in [2.24, 2.45) is 5.92 Å². The molecule has 1 N–H and O–H groups in total. The predicted molar refractivity (Wildman–Crippen MR) is 85.8 cm³/mol. The number of benzene rings is 1. The first-order valence-electron chi connectivity index (χ1n) is 7.69. The minimum atomic E-state index is -0.218. The van der Waals surface area contributed by atoms with Crippen LogP contribution in [0.4, 0.5) is 0 Å². The van der Waals surface area contributed by atoms with Gasteiger partial charge in [0.15, 0.2) is 0 Å². The van der Waals surface area contributed by atoms with Crippen LogP contribution in [-0.2, 0) is 4.79 Å². The van der Waals surface area contributed by atoms with Gasteiger partial charge in [-0.3, -0.25) is 10.1 Å². The van der Waals surface area contributed by atoms with Gasteiger partial charge in [0.05, 0.1) is 6.17 Å². The molecule has 1 fully saturated rings. The summed E-state index contributed by atoms with van der Waals surface area (Å²) >= 11 is 0. The molecular formula is C17H27N3O. The van der Waals surface area contributed by atoms with E-state index in [1.165, 1.54) is 0 Å². The Balaban J connectivity index is 2.23. The van der Waals surface area contributed by atoms with Crippen LogP contribution in [0.1, 0.15) is 32.4 Å². The number of carbonyl (C=O) groups is 1. The molecule has 1 aromatic carbocycles. The van der Waals surface area contributed by atoms with E-state index in [2.05, 4.69) is 45.1 Å². The van der Waals surface area contributed by atoms with Gasteiger partial charge >= 0.3 is 0 Å². The Morgan fingerprint density at radius 1 is 1.24 bits per heavy atom. The van der Waals surface area contributed by atoms with E-state index in [9.17, 15) is 4.79 Å². The molecule has 1 amide bonds. The van der Waals surface area contributed by atoms with E-state index >= 15 is 0 Å². The van der Waals surface area contributed by atoms with Gasteiger partial charge in [0, 0.05) is 12.6 Å². The Kier molecular flexibility index (Phi) is 5.01. The van der Waals surface area contributed by atoms with Crippen molar-refractivity contribution in [3.63, 3.8) is 0 Å². The number of hydrogen-bond donors (Lipinski definition) is 1. The molecule has 4 nitrogen and oxygen atoms in total. The van der Waals surface area contributed by atoms with Crippen molar-refractivity contribution >= 4 is 5.91 Å². The highest BCUT2D eigenvalue weighted by molar-refractivity contribution is 5.86. The van der Waals surface area contributed by atoms with Gasteiger partial charge in [0.1, 0.15) is 6.04 Å². The summed E-state index contributed by atoms with van der Waals surface area (Å²) < 4.78 is 0. The number of likely N-dealkylation sites (N-methyl/N-ethyl adjacent to an activating group) is 1. The number of hydrogen-bond acceptors (Lipinski definition) is 3. The van der Waals surface area contributed by atoms with Gasteiger partial charge in [-0.2, -0.15) is 0 Å². The van der Waals surface area contributed by atoms with Gasteiger partial charge in [-0.15, -0.1) is 0 Å². The topological polar surface area (TPSA) is 35.6 Å². The number of nitrogens with zero attached hydrogens (tertiary/aromatic N) is 2. The van der Waals surface area contributed by atoms with E-state index in [0.717, 1.165) is 12.1 Å². The van der Waals surface area contributed by atoms with Crippen LogP contribution in [0, 0.1) is 5.92 Å². The van der Waals surface area contributed by atoms with Gasteiger partial charge < -0.3 is 9.80 Å². The highest BCUT2D eigenvalue weighted by Gasteiger charge is 2.41. The van der Waals surface area contributed by atoms with Crippen LogP contribution >= 0.6 is 0 Å². The van der Waals surface area contributed by atoms with Crippen LogP contribution in [0.15, 0.2) is 30.3 Å². The molecule has 116 valence electrons. The lowest BCUT2D eigenvalue weighted by Crippen LogP contribution is -2.50. The highest BCUT2D eigenvalue weighted by atomic mass is 16.2. The molecule has 0 aromatic heterocycles. The summed E-state index contributed by atoms with van der Waals surface area (Å²) in [5.74, 6) is 0.615. The molecule has 0 spiro atoms. The molecule has 1 saturated heterocycles. The zero-order valence-corrected chi connectivity index (χ0v) is 13.7. The number of carbonyl (C=O) groups excluding carboxylic acids is 1. The molecule has 0 saturated carbocycles. The van der Waals surface area contributed by atoms with E-state index in [4.69, 9.17) is 0 Å². The molecule has 0 radical (unpaired) electrons. The molecule has 21 heavy (non-hydrogen) atoms. The monoisotopic (exact) mass is 289 g/mol. The van der Waals surface area contributed by atoms with Gasteiger partial charge in [0.25, 0.3) is 0 Å². The summed E-state index contributed by atoms with van der Waals surface area (Å²) in [5.41, 5.74) is 1.05. The van der Waals surface area contributed by atoms with Crippen LogP contribution < -0.4 is 5.32 Å². The normalized spacial score (nSPS) is 24.1. The molecule has 0 aliphatic carbocycles. The molecule has 1 aliphatic rings. The molecule has 3 atom stereocenters. The molecule has 1 aliphatic heterocycles. The van der Waals surface area contributed by atoms with Crippen LogP contribution in [0.2, 0.25) is 0 Å². The third-order valence-electron chi connectivity index (χ3n) is 4.14. The van der Waals surface area contributed by atoms with Crippen molar-refractivity contribution < 1.29 is 4.79 Å². The lowest BCUT2D eigenvalue weighted by molar-refractivity contribution is -0.133. The zero-order chi connectivity index (χ0) is 15.6. The average Bonchev–Trinajstić information content (AvgIpc) is 2.72. The quantitative estimate of drug-likeness (QED) is 0.901. The first kappa shape index (κ1) is 16.0.